The van der Waals surface area contributed by atoms with Crippen molar-refractivity contribution in [3.8, 4) is 0 Å². The zero-order chi connectivity index (χ0) is 10.1. The summed E-state index contributed by atoms with van der Waals surface area (Å²) in [6.07, 6.45) is 6.20. The maximum absolute atomic E-state index is 5.70. The molecule has 0 aromatic heterocycles. The van der Waals surface area contributed by atoms with Gasteiger partial charge >= 0.3 is 0 Å². The summed E-state index contributed by atoms with van der Waals surface area (Å²) in [5, 5.41) is 0. The monoisotopic (exact) mass is 180 g/mol. The molecule has 1 aliphatic carbocycles. The predicted molar refractivity (Wildman–Crippen MR) is 57.1 cm³/mol. The van der Waals surface area contributed by atoms with Crippen LogP contribution in [0.3, 0.4) is 0 Å². The van der Waals surface area contributed by atoms with Crippen LogP contribution in [0.4, 0.5) is 0 Å². The summed E-state index contributed by atoms with van der Waals surface area (Å²) in [6, 6.07) is 0. The highest BCUT2D eigenvalue weighted by Gasteiger charge is 2.19. The molecule has 0 bridgehead atoms. The van der Waals surface area contributed by atoms with Gasteiger partial charge in [0.2, 0.25) is 0 Å². The van der Waals surface area contributed by atoms with Gasteiger partial charge in [-0.05, 0) is 45.8 Å². The fourth-order valence-corrected chi connectivity index (χ4v) is 1.35. The Balaban J connectivity index is 2.74. The highest BCUT2D eigenvalue weighted by molar-refractivity contribution is 5.22. The smallest absolute Gasteiger partial charge is 0.0311 e. The van der Waals surface area contributed by atoms with E-state index in [0.29, 0.717) is 0 Å². The molecule has 2 heteroatoms. The quantitative estimate of drug-likeness (QED) is 0.670. The maximum atomic E-state index is 5.70. The molecule has 13 heavy (non-hydrogen) atoms. The Kier molecular flexibility index (Phi) is 2.69. The Morgan fingerprint density at radius 2 is 1.85 bits per heavy atom. The second-order valence-electron chi connectivity index (χ2n) is 4.63. The summed E-state index contributed by atoms with van der Waals surface area (Å²) in [4.78, 5) is 2.32. The molecule has 0 aromatic rings. The average molecular weight is 180 g/mol. The van der Waals surface area contributed by atoms with Gasteiger partial charge < -0.3 is 10.6 Å². The molecule has 0 radical (unpaired) electrons. The lowest BCUT2D eigenvalue weighted by molar-refractivity contribution is 0.220. The molecule has 0 fully saturated rings. The molecule has 2 N–H and O–H groups in total. The Bertz CT molecular complexity index is 243. The van der Waals surface area contributed by atoms with E-state index >= 15 is 0 Å². The van der Waals surface area contributed by atoms with Crippen LogP contribution in [0.25, 0.3) is 0 Å². The summed E-state index contributed by atoms with van der Waals surface area (Å²) < 4.78 is 0. The van der Waals surface area contributed by atoms with Crippen LogP contribution < -0.4 is 5.73 Å². The number of hydrogen-bond acceptors (Lipinski definition) is 2. The molecule has 0 amide bonds. The minimum Gasteiger partial charge on any atom is -0.402 e. The van der Waals surface area contributed by atoms with E-state index in [0.717, 1.165) is 18.5 Å². The van der Waals surface area contributed by atoms with E-state index in [9.17, 15) is 0 Å². The fraction of sp³-hybridized carbons (Fsp3) is 0.636. The first-order valence-electron chi connectivity index (χ1n) is 4.80. The number of nitrogens with two attached hydrogens (primary N) is 1. The van der Waals surface area contributed by atoms with Crippen molar-refractivity contribution in [2.24, 2.45) is 5.73 Å². The van der Waals surface area contributed by atoms with Crippen molar-refractivity contribution in [1.29, 1.82) is 0 Å². The second kappa shape index (κ2) is 3.44. The third kappa shape index (κ3) is 2.51. The highest BCUT2D eigenvalue weighted by atomic mass is 15.2. The summed E-state index contributed by atoms with van der Waals surface area (Å²) >= 11 is 0. The third-order valence-corrected chi connectivity index (χ3v) is 2.60. The zero-order valence-electron chi connectivity index (χ0n) is 9.09. The Hall–Kier alpha value is -0.920. The van der Waals surface area contributed by atoms with Crippen molar-refractivity contribution in [2.75, 3.05) is 7.05 Å². The summed E-state index contributed by atoms with van der Waals surface area (Å²) in [5.41, 5.74) is 8.27. The summed E-state index contributed by atoms with van der Waals surface area (Å²) in [5.74, 6) is 0. The standard InChI is InChI=1S/C11H20N2/c1-11(2,3)13(4)10-7-5-9(12)6-8-10/h5,7H,6,8,12H2,1-4H3. The molecule has 74 valence electrons. The van der Waals surface area contributed by atoms with Crippen LogP contribution in [-0.2, 0) is 0 Å². The largest absolute Gasteiger partial charge is 0.402 e. The molecular formula is C11H20N2. The molecule has 0 spiro atoms. The second-order valence-corrected chi connectivity index (χ2v) is 4.63. The van der Waals surface area contributed by atoms with E-state index in [1.54, 1.807) is 0 Å². The molecule has 1 rings (SSSR count). The first-order valence-corrected chi connectivity index (χ1v) is 4.80. The predicted octanol–water partition coefficient (Wildman–Crippen LogP) is 2.24. The Labute approximate surface area is 81.1 Å². The van der Waals surface area contributed by atoms with E-state index in [2.05, 4.69) is 38.8 Å². The minimum atomic E-state index is 0.200. The molecule has 0 heterocycles. The van der Waals surface area contributed by atoms with Crippen LogP contribution in [0.2, 0.25) is 0 Å². The Morgan fingerprint density at radius 3 is 2.23 bits per heavy atom. The summed E-state index contributed by atoms with van der Waals surface area (Å²) in [7, 11) is 2.14. The van der Waals surface area contributed by atoms with Gasteiger partial charge in [0.15, 0.2) is 0 Å². The van der Waals surface area contributed by atoms with Gasteiger partial charge in [0.1, 0.15) is 0 Å². The van der Waals surface area contributed by atoms with Crippen molar-refractivity contribution >= 4 is 0 Å². The van der Waals surface area contributed by atoms with Crippen molar-refractivity contribution in [3.05, 3.63) is 23.5 Å². The van der Waals surface area contributed by atoms with E-state index in [1.807, 2.05) is 6.08 Å². The first kappa shape index (κ1) is 10.2. The van der Waals surface area contributed by atoms with Crippen LogP contribution in [-0.4, -0.2) is 17.5 Å². The lowest BCUT2D eigenvalue weighted by Crippen LogP contribution is -2.37. The van der Waals surface area contributed by atoms with Crippen LogP contribution in [0.1, 0.15) is 33.6 Å². The molecular weight excluding hydrogens is 160 g/mol. The van der Waals surface area contributed by atoms with Gasteiger partial charge in [0, 0.05) is 24.0 Å². The Morgan fingerprint density at radius 1 is 1.23 bits per heavy atom. The van der Waals surface area contributed by atoms with Crippen molar-refractivity contribution in [3.63, 3.8) is 0 Å². The highest BCUT2D eigenvalue weighted by Crippen LogP contribution is 2.24. The van der Waals surface area contributed by atoms with Gasteiger partial charge in [-0.3, -0.25) is 0 Å². The van der Waals surface area contributed by atoms with Crippen LogP contribution in [0, 0.1) is 0 Å². The maximum Gasteiger partial charge on any atom is 0.0311 e. The topological polar surface area (TPSA) is 29.3 Å². The summed E-state index contributed by atoms with van der Waals surface area (Å²) in [6.45, 7) is 6.65. The fourth-order valence-electron chi connectivity index (χ4n) is 1.35. The molecule has 2 nitrogen and oxygen atoms in total. The van der Waals surface area contributed by atoms with Gasteiger partial charge in [0.05, 0.1) is 0 Å². The van der Waals surface area contributed by atoms with Crippen LogP contribution in [0.5, 0.6) is 0 Å². The molecule has 0 saturated heterocycles. The minimum absolute atomic E-state index is 0.200. The number of nitrogens with zero attached hydrogens (tertiary/aromatic N) is 1. The van der Waals surface area contributed by atoms with Gasteiger partial charge in [-0.1, -0.05) is 0 Å². The normalized spacial score (nSPS) is 17.8. The zero-order valence-corrected chi connectivity index (χ0v) is 9.09. The third-order valence-electron chi connectivity index (χ3n) is 2.60. The SMILES string of the molecule is CN(C1=CC=C(N)CC1)C(C)(C)C. The first-order chi connectivity index (χ1) is 5.91. The molecule has 0 aromatic carbocycles. The average Bonchev–Trinajstić information content (AvgIpc) is 2.03. The van der Waals surface area contributed by atoms with Crippen LogP contribution in [0.15, 0.2) is 23.5 Å². The van der Waals surface area contributed by atoms with Gasteiger partial charge in [-0.25, -0.2) is 0 Å². The van der Waals surface area contributed by atoms with E-state index in [4.69, 9.17) is 5.73 Å². The number of rotatable bonds is 1. The van der Waals surface area contributed by atoms with Gasteiger partial charge in [-0.15, -0.1) is 0 Å². The van der Waals surface area contributed by atoms with Crippen molar-refractivity contribution < 1.29 is 0 Å². The lowest BCUT2D eigenvalue weighted by Gasteiger charge is -2.36. The van der Waals surface area contributed by atoms with Gasteiger partial charge in [-0.2, -0.15) is 0 Å². The molecule has 0 saturated carbocycles. The number of allylic oxidation sites excluding steroid dienone is 4. The van der Waals surface area contributed by atoms with Gasteiger partial charge in [0.25, 0.3) is 0 Å². The molecule has 0 unspecified atom stereocenters. The van der Waals surface area contributed by atoms with E-state index in [1.165, 1.54) is 5.70 Å². The lowest BCUT2D eigenvalue weighted by atomic mass is 10.0. The molecule has 0 aliphatic heterocycles. The van der Waals surface area contributed by atoms with E-state index in [-0.39, 0.29) is 5.54 Å². The number of hydrogen-bond donors (Lipinski definition) is 1. The van der Waals surface area contributed by atoms with Crippen LogP contribution >= 0.6 is 0 Å². The van der Waals surface area contributed by atoms with Crippen molar-refractivity contribution in [2.45, 2.75) is 39.2 Å². The molecule has 0 atom stereocenters. The molecule has 1 aliphatic rings. The van der Waals surface area contributed by atoms with Crippen molar-refractivity contribution in [1.82, 2.24) is 4.90 Å². The van der Waals surface area contributed by atoms with E-state index < -0.39 is 0 Å².